The highest BCUT2D eigenvalue weighted by atomic mass is 32.2. The Kier molecular flexibility index (Phi) is 6.30. The standard InChI is InChI=1S/C13H21N3O3S/c1-16(13(9-14)5-3-2-4-6-13)11(17)8-20-7-10(15)12(18)19/h10H,2-8,15H2,1H3,(H,18,19)/t10-/m0/s1. The summed E-state index contributed by atoms with van der Waals surface area (Å²) in [6.07, 6.45) is 4.45. The molecule has 1 amide bonds. The first-order valence-corrected chi connectivity index (χ1v) is 7.82. The van der Waals surface area contributed by atoms with Crippen molar-refractivity contribution >= 4 is 23.6 Å². The van der Waals surface area contributed by atoms with Gasteiger partial charge in [0.05, 0.1) is 11.8 Å². The molecule has 0 aromatic carbocycles. The normalized spacial score (nSPS) is 18.9. The quantitative estimate of drug-likeness (QED) is 0.751. The zero-order valence-electron chi connectivity index (χ0n) is 11.7. The van der Waals surface area contributed by atoms with Crippen LogP contribution in [0.15, 0.2) is 0 Å². The van der Waals surface area contributed by atoms with Gasteiger partial charge in [-0.25, -0.2) is 0 Å². The van der Waals surface area contributed by atoms with Gasteiger partial charge in [-0.15, -0.1) is 11.8 Å². The molecule has 0 aromatic rings. The molecule has 1 atom stereocenters. The fourth-order valence-corrected chi connectivity index (χ4v) is 3.22. The molecule has 0 unspecified atom stereocenters. The summed E-state index contributed by atoms with van der Waals surface area (Å²) in [5.41, 5.74) is 4.69. The van der Waals surface area contributed by atoms with Crippen LogP contribution in [0.25, 0.3) is 0 Å². The van der Waals surface area contributed by atoms with Crippen molar-refractivity contribution in [2.24, 2.45) is 5.73 Å². The summed E-state index contributed by atoms with van der Waals surface area (Å²) >= 11 is 1.19. The van der Waals surface area contributed by atoms with E-state index in [1.54, 1.807) is 7.05 Å². The number of hydrogen-bond acceptors (Lipinski definition) is 5. The molecular weight excluding hydrogens is 278 g/mol. The Hall–Kier alpha value is -1.26. The van der Waals surface area contributed by atoms with Gasteiger partial charge in [0.25, 0.3) is 0 Å². The number of rotatable bonds is 6. The lowest BCUT2D eigenvalue weighted by molar-refractivity contribution is -0.138. The van der Waals surface area contributed by atoms with Gasteiger partial charge < -0.3 is 15.7 Å². The highest BCUT2D eigenvalue weighted by molar-refractivity contribution is 8.00. The molecule has 7 heteroatoms. The zero-order chi connectivity index (χ0) is 15.2. The Morgan fingerprint density at radius 1 is 1.45 bits per heavy atom. The Labute approximate surface area is 123 Å². The molecule has 6 nitrogen and oxygen atoms in total. The first-order valence-electron chi connectivity index (χ1n) is 6.67. The van der Waals surface area contributed by atoms with Crippen molar-refractivity contribution in [3.63, 3.8) is 0 Å². The van der Waals surface area contributed by atoms with Crippen molar-refractivity contribution in [3.8, 4) is 6.07 Å². The van der Waals surface area contributed by atoms with E-state index in [2.05, 4.69) is 6.07 Å². The average Bonchev–Trinajstić information content (AvgIpc) is 2.46. The number of carboxylic acids is 1. The molecule has 0 heterocycles. The third-order valence-electron chi connectivity index (χ3n) is 3.75. The van der Waals surface area contributed by atoms with Crippen LogP contribution in [0, 0.1) is 11.3 Å². The molecule has 1 rings (SSSR count). The predicted molar refractivity (Wildman–Crippen MR) is 77.1 cm³/mol. The van der Waals surface area contributed by atoms with Crippen LogP contribution in [0.3, 0.4) is 0 Å². The molecule has 20 heavy (non-hydrogen) atoms. The van der Waals surface area contributed by atoms with E-state index in [0.717, 1.165) is 19.3 Å². The number of nitriles is 1. The van der Waals surface area contributed by atoms with Gasteiger partial charge in [-0.2, -0.15) is 5.26 Å². The topological polar surface area (TPSA) is 107 Å². The van der Waals surface area contributed by atoms with Crippen LogP contribution in [0.4, 0.5) is 0 Å². The maximum Gasteiger partial charge on any atom is 0.321 e. The molecule has 0 spiro atoms. The first-order chi connectivity index (χ1) is 9.43. The maximum atomic E-state index is 12.1. The third-order valence-corrected chi connectivity index (χ3v) is 4.79. The van der Waals surface area contributed by atoms with Crippen LogP contribution in [-0.2, 0) is 9.59 Å². The molecule has 1 aliphatic rings. The van der Waals surface area contributed by atoms with Crippen molar-refractivity contribution in [1.29, 1.82) is 5.26 Å². The van der Waals surface area contributed by atoms with Crippen LogP contribution in [0.5, 0.6) is 0 Å². The minimum absolute atomic E-state index is 0.143. The lowest BCUT2D eigenvalue weighted by Gasteiger charge is -2.39. The summed E-state index contributed by atoms with van der Waals surface area (Å²) in [5.74, 6) is -0.870. The monoisotopic (exact) mass is 299 g/mol. The van der Waals surface area contributed by atoms with Gasteiger partial charge in [-0.1, -0.05) is 19.3 Å². The van der Waals surface area contributed by atoms with Crippen molar-refractivity contribution in [2.75, 3.05) is 18.6 Å². The highest BCUT2D eigenvalue weighted by Gasteiger charge is 2.38. The highest BCUT2D eigenvalue weighted by Crippen LogP contribution is 2.32. The van der Waals surface area contributed by atoms with Gasteiger partial charge in [0.15, 0.2) is 0 Å². The minimum atomic E-state index is -1.07. The van der Waals surface area contributed by atoms with Gasteiger partial charge in [0.1, 0.15) is 11.6 Å². The van der Waals surface area contributed by atoms with Gasteiger partial charge >= 0.3 is 5.97 Å². The predicted octanol–water partition coefficient (Wildman–Crippen LogP) is 0.816. The largest absolute Gasteiger partial charge is 0.480 e. The second-order valence-corrected chi connectivity index (χ2v) is 6.15. The number of aliphatic carboxylic acids is 1. The number of thioether (sulfide) groups is 1. The Bertz CT molecular complexity index is 402. The summed E-state index contributed by atoms with van der Waals surface area (Å²) < 4.78 is 0. The lowest BCUT2D eigenvalue weighted by Crippen LogP contribution is -2.50. The molecule has 0 bridgehead atoms. The second-order valence-electron chi connectivity index (χ2n) is 5.12. The number of carboxylic acid groups (broad SMARTS) is 1. The van der Waals surface area contributed by atoms with Crippen LogP contribution < -0.4 is 5.73 Å². The number of hydrogen-bond donors (Lipinski definition) is 2. The van der Waals surface area contributed by atoms with E-state index in [0.29, 0.717) is 12.8 Å². The van der Waals surface area contributed by atoms with Gasteiger partial charge in [-0.05, 0) is 12.8 Å². The van der Waals surface area contributed by atoms with Crippen molar-refractivity contribution in [3.05, 3.63) is 0 Å². The van der Waals surface area contributed by atoms with Gasteiger partial charge in [0.2, 0.25) is 5.91 Å². The summed E-state index contributed by atoms with van der Waals surface area (Å²) in [6, 6.07) is 1.33. The first kappa shape index (κ1) is 16.8. The van der Waals surface area contributed by atoms with Crippen molar-refractivity contribution in [1.82, 2.24) is 4.90 Å². The Morgan fingerprint density at radius 2 is 2.05 bits per heavy atom. The SMILES string of the molecule is CN(C(=O)CSC[C@H](N)C(=O)O)C1(C#N)CCCCC1. The van der Waals surface area contributed by atoms with E-state index in [1.165, 1.54) is 16.7 Å². The van der Waals surface area contributed by atoms with Crippen LogP contribution in [0.1, 0.15) is 32.1 Å². The summed E-state index contributed by atoms with van der Waals surface area (Å²) in [6.45, 7) is 0. The molecule has 0 saturated heterocycles. The molecule has 0 aromatic heterocycles. The van der Waals surface area contributed by atoms with Crippen molar-refractivity contribution in [2.45, 2.75) is 43.7 Å². The number of amides is 1. The van der Waals surface area contributed by atoms with E-state index in [-0.39, 0.29) is 17.4 Å². The number of nitrogens with two attached hydrogens (primary N) is 1. The number of carbonyl (C=O) groups is 2. The van der Waals surface area contributed by atoms with Gasteiger partial charge in [-0.3, -0.25) is 9.59 Å². The second kappa shape index (κ2) is 7.50. The van der Waals surface area contributed by atoms with Crippen molar-refractivity contribution < 1.29 is 14.7 Å². The molecular formula is C13H21N3O3S. The van der Waals surface area contributed by atoms with E-state index in [9.17, 15) is 14.9 Å². The van der Waals surface area contributed by atoms with E-state index >= 15 is 0 Å². The molecule has 1 aliphatic carbocycles. The molecule has 0 aliphatic heterocycles. The fourth-order valence-electron chi connectivity index (χ4n) is 2.34. The molecule has 3 N–H and O–H groups in total. The van der Waals surface area contributed by atoms with Gasteiger partial charge in [0, 0.05) is 12.8 Å². The molecule has 112 valence electrons. The van der Waals surface area contributed by atoms with E-state index in [1.807, 2.05) is 0 Å². The van der Waals surface area contributed by atoms with Crippen LogP contribution >= 0.6 is 11.8 Å². The van der Waals surface area contributed by atoms with Crippen LogP contribution in [0.2, 0.25) is 0 Å². The average molecular weight is 299 g/mol. The Morgan fingerprint density at radius 3 is 2.55 bits per heavy atom. The third kappa shape index (κ3) is 4.12. The lowest BCUT2D eigenvalue weighted by atomic mass is 9.81. The summed E-state index contributed by atoms with van der Waals surface area (Å²) in [7, 11) is 1.66. The molecule has 0 radical (unpaired) electrons. The number of nitrogens with zero attached hydrogens (tertiary/aromatic N) is 2. The number of carbonyl (C=O) groups excluding carboxylic acids is 1. The minimum Gasteiger partial charge on any atom is -0.480 e. The molecule has 1 fully saturated rings. The van der Waals surface area contributed by atoms with Crippen LogP contribution in [-0.4, -0.2) is 52.0 Å². The summed E-state index contributed by atoms with van der Waals surface area (Å²) in [5, 5.41) is 18.1. The Balaban J connectivity index is 2.49. The fraction of sp³-hybridized carbons (Fsp3) is 0.769. The molecule has 1 saturated carbocycles. The smallest absolute Gasteiger partial charge is 0.321 e. The van der Waals surface area contributed by atoms with E-state index in [4.69, 9.17) is 10.8 Å². The van der Waals surface area contributed by atoms with E-state index < -0.39 is 17.6 Å². The zero-order valence-corrected chi connectivity index (χ0v) is 12.5. The summed E-state index contributed by atoms with van der Waals surface area (Å²) in [4.78, 5) is 24.2. The maximum absolute atomic E-state index is 12.1.